The first-order valence-electron chi connectivity index (χ1n) is 7.51. The third kappa shape index (κ3) is 3.41. The average Bonchev–Trinajstić information content (AvgIpc) is 3.00. The SMILES string of the molecule is C[Si]1(C)CCC(NC(=O)c2cc3cc(C(F)(F)F)ncc3[nH]2)C1. The van der Waals surface area contributed by atoms with Crippen molar-refractivity contribution in [3.05, 3.63) is 29.7 Å². The van der Waals surface area contributed by atoms with Gasteiger partial charge in [-0.3, -0.25) is 4.79 Å². The summed E-state index contributed by atoms with van der Waals surface area (Å²) in [5, 5.41) is 3.31. The number of hydrogen-bond acceptors (Lipinski definition) is 2. The van der Waals surface area contributed by atoms with Crippen molar-refractivity contribution in [2.24, 2.45) is 0 Å². The summed E-state index contributed by atoms with van der Waals surface area (Å²) < 4.78 is 38.0. The van der Waals surface area contributed by atoms with Gasteiger partial charge in [-0.2, -0.15) is 13.2 Å². The lowest BCUT2D eigenvalue weighted by Gasteiger charge is -2.15. The molecular formula is C15H18F3N3OSi. The molecule has 0 saturated carbocycles. The first-order valence-corrected chi connectivity index (χ1v) is 10.9. The van der Waals surface area contributed by atoms with Gasteiger partial charge in [0.15, 0.2) is 0 Å². The highest BCUT2D eigenvalue weighted by Gasteiger charge is 2.34. The van der Waals surface area contributed by atoms with Crippen LogP contribution in [0.1, 0.15) is 22.6 Å². The van der Waals surface area contributed by atoms with Crippen LogP contribution < -0.4 is 5.32 Å². The van der Waals surface area contributed by atoms with Crippen molar-refractivity contribution in [1.29, 1.82) is 0 Å². The second-order valence-electron chi connectivity index (χ2n) is 6.91. The quantitative estimate of drug-likeness (QED) is 0.817. The second kappa shape index (κ2) is 5.36. The number of nitrogens with zero attached hydrogens (tertiary/aromatic N) is 1. The van der Waals surface area contributed by atoms with Crippen LogP contribution in [0.25, 0.3) is 10.9 Å². The van der Waals surface area contributed by atoms with Crippen LogP contribution in [0.5, 0.6) is 0 Å². The van der Waals surface area contributed by atoms with Crippen LogP contribution >= 0.6 is 0 Å². The van der Waals surface area contributed by atoms with Gasteiger partial charge in [0.2, 0.25) is 0 Å². The van der Waals surface area contributed by atoms with Crippen molar-refractivity contribution >= 4 is 24.9 Å². The van der Waals surface area contributed by atoms with Gasteiger partial charge in [0.1, 0.15) is 11.4 Å². The van der Waals surface area contributed by atoms with Crippen LogP contribution in [-0.4, -0.2) is 30.0 Å². The van der Waals surface area contributed by atoms with E-state index >= 15 is 0 Å². The van der Waals surface area contributed by atoms with E-state index in [1.807, 2.05) is 0 Å². The number of hydrogen-bond donors (Lipinski definition) is 2. The van der Waals surface area contributed by atoms with E-state index in [9.17, 15) is 18.0 Å². The van der Waals surface area contributed by atoms with Gasteiger partial charge in [-0.25, -0.2) is 4.98 Å². The van der Waals surface area contributed by atoms with Crippen molar-refractivity contribution in [1.82, 2.24) is 15.3 Å². The summed E-state index contributed by atoms with van der Waals surface area (Å²) in [6.07, 6.45) is -2.40. The van der Waals surface area contributed by atoms with Gasteiger partial charge in [-0.05, 0) is 24.6 Å². The molecule has 1 aliphatic heterocycles. The molecule has 2 aromatic rings. The lowest BCUT2D eigenvalue weighted by Crippen LogP contribution is -2.34. The average molecular weight is 341 g/mol. The molecular weight excluding hydrogens is 323 g/mol. The highest BCUT2D eigenvalue weighted by atomic mass is 28.3. The molecule has 4 nitrogen and oxygen atoms in total. The minimum atomic E-state index is -4.49. The summed E-state index contributed by atoms with van der Waals surface area (Å²) in [7, 11) is -1.19. The number of nitrogens with one attached hydrogen (secondary N) is 2. The van der Waals surface area contributed by atoms with E-state index < -0.39 is 19.9 Å². The molecule has 2 aromatic heterocycles. The summed E-state index contributed by atoms with van der Waals surface area (Å²) in [6, 6.07) is 4.79. The van der Waals surface area contributed by atoms with Crippen LogP contribution in [0.3, 0.4) is 0 Å². The Kier molecular flexibility index (Phi) is 3.74. The predicted molar refractivity (Wildman–Crippen MR) is 84.1 cm³/mol. The largest absolute Gasteiger partial charge is 0.433 e. The van der Waals surface area contributed by atoms with Crippen molar-refractivity contribution < 1.29 is 18.0 Å². The molecule has 2 N–H and O–H groups in total. The van der Waals surface area contributed by atoms with Gasteiger partial charge in [0, 0.05) is 19.5 Å². The summed E-state index contributed by atoms with van der Waals surface area (Å²) in [4.78, 5) is 18.5. The molecule has 1 unspecified atom stereocenters. The molecule has 0 radical (unpaired) electrons. The Morgan fingerprint density at radius 2 is 2.13 bits per heavy atom. The smallest absolute Gasteiger partial charge is 0.349 e. The van der Waals surface area contributed by atoms with Crippen molar-refractivity contribution in [2.75, 3.05) is 0 Å². The standard InChI is InChI=1S/C15H18F3N3OSi/c1-23(2)4-3-10(8-23)20-14(22)11-5-9-6-13(15(16,17)18)19-7-12(9)21-11/h5-7,10,21H,3-4,8H2,1-2H3,(H,20,22). The third-order valence-corrected chi connectivity index (χ3v) is 7.58. The maximum absolute atomic E-state index is 12.7. The van der Waals surface area contributed by atoms with E-state index in [1.54, 1.807) is 0 Å². The van der Waals surface area contributed by atoms with Crippen LogP contribution in [0.4, 0.5) is 13.2 Å². The zero-order valence-electron chi connectivity index (χ0n) is 12.9. The number of aromatic amines is 1. The van der Waals surface area contributed by atoms with E-state index in [-0.39, 0.29) is 17.6 Å². The second-order valence-corrected chi connectivity index (χ2v) is 12.2. The molecule has 1 atom stereocenters. The number of fused-ring (bicyclic) bond motifs is 1. The first kappa shape index (κ1) is 16.0. The molecule has 3 rings (SSSR count). The maximum Gasteiger partial charge on any atom is 0.433 e. The minimum Gasteiger partial charge on any atom is -0.349 e. The van der Waals surface area contributed by atoms with E-state index in [2.05, 4.69) is 28.4 Å². The van der Waals surface area contributed by atoms with Crippen LogP contribution in [-0.2, 0) is 6.18 Å². The number of pyridine rings is 1. The number of halogens is 3. The minimum absolute atomic E-state index is 0.166. The maximum atomic E-state index is 12.7. The number of amides is 1. The Bertz CT molecular complexity index is 754. The normalized spacial score (nSPS) is 20.8. The topological polar surface area (TPSA) is 57.8 Å². The summed E-state index contributed by atoms with van der Waals surface area (Å²) in [6.45, 7) is 4.60. The Morgan fingerprint density at radius 1 is 1.39 bits per heavy atom. The molecule has 0 aromatic carbocycles. The Balaban J connectivity index is 1.79. The Hall–Kier alpha value is -1.83. The van der Waals surface area contributed by atoms with E-state index in [0.29, 0.717) is 10.9 Å². The lowest BCUT2D eigenvalue weighted by molar-refractivity contribution is -0.141. The molecule has 0 aliphatic carbocycles. The molecule has 1 saturated heterocycles. The fourth-order valence-corrected chi connectivity index (χ4v) is 6.11. The van der Waals surface area contributed by atoms with Crippen molar-refractivity contribution in [2.45, 2.75) is 43.8 Å². The van der Waals surface area contributed by atoms with Crippen LogP contribution in [0.15, 0.2) is 18.3 Å². The number of carbonyl (C=O) groups is 1. The molecule has 23 heavy (non-hydrogen) atoms. The number of H-pyrrole nitrogens is 1. The van der Waals surface area contributed by atoms with Gasteiger partial charge in [-0.1, -0.05) is 19.1 Å². The predicted octanol–water partition coefficient (Wildman–Crippen LogP) is 3.79. The molecule has 8 heteroatoms. The van der Waals surface area contributed by atoms with E-state index in [1.165, 1.54) is 12.1 Å². The van der Waals surface area contributed by atoms with Gasteiger partial charge >= 0.3 is 6.18 Å². The number of rotatable bonds is 2. The monoisotopic (exact) mass is 341 g/mol. The Labute approximate surface area is 132 Å². The zero-order chi connectivity index (χ0) is 16.8. The number of alkyl halides is 3. The molecule has 1 amide bonds. The first-order chi connectivity index (χ1) is 10.6. The molecule has 124 valence electrons. The lowest BCUT2D eigenvalue weighted by atomic mass is 10.2. The van der Waals surface area contributed by atoms with Crippen molar-refractivity contribution in [3.63, 3.8) is 0 Å². The summed E-state index contributed by atoms with van der Waals surface area (Å²) >= 11 is 0. The highest BCUT2D eigenvalue weighted by Crippen LogP contribution is 2.31. The number of aromatic nitrogens is 2. The van der Waals surface area contributed by atoms with Gasteiger partial charge < -0.3 is 10.3 Å². The Morgan fingerprint density at radius 3 is 2.74 bits per heavy atom. The summed E-state index contributed by atoms with van der Waals surface area (Å²) in [5.41, 5.74) is -0.267. The summed E-state index contributed by atoms with van der Waals surface area (Å²) in [5.74, 6) is -0.272. The van der Waals surface area contributed by atoms with Gasteiger partial charge in [-0.15, -0.1) is 0 Å². The number of carbonyl (C=O) groups excluding carboxylic acids is 1. The van der Waals surface area contributed by atoms with Crippen LogP contribution in [0, 0.1) is 0 Å². The van der Waals surface area contributed by atoms with Crippen molar-refractivity contribution in [3.8, 4) is 0 Å². The van der Waals surface area contributed by atoms with E-state index in [4.69, 9.17) is 0 Å². The molecule has 3 heterocycles. The highest BCUT2D eigenvalue weighted by molar-refractivity contribution is 6.78. The molecule has 1 aliphatic rings. The van der Waals surface area contributed by atoms with Gasteiger partial charge in [0.05, 0.1) is 11.7 Å². The van der Waals surface area contributed by atoms with E-state index in [0.717, 1.165) is 24.7 Å². The zero-order valence-corrected chi connectivity index (χ0v) is 13.9. The van der Waals surface area contributed by atoms with Crippen LogP contribution in [0.2, 0.25) is 25.2 Å². The molecule has 0 bridgehead atoms. The molecule has 1 fully saturated rings. The third-order valence-electron chi connectivity index (χ3n) is 4.34. The fourth-order valence-electron chi connectivity index (χ4n) is 3.13. The fraction of sp³-hybridized carbons (Fsp3) is 0.467. The molecule has 0 spiro atoms. The van der Waals surface area contributed by atoms with Gasteiger partial charge in [0.25, 0.3) is 5.91 Å².